The number of amides is 2. The van der Waals surface area contributed by atoms with Crippen molar-refractivity contribution >= 4 is 41.5 Å². The van der Waals surface area contributed by atoms with E-state index >= 15 is 0 Å². The summed E-state index contributed by atoms with van der Waals surface area (Å²) in [7, 11) is 0. The number of hydrogen-bond donors (Lipinski definition) is 3. The quantitative estimate of drug-likeness (QED) is 0.400. The molecule has 0 bridgehead atoms. The van der Waals surface area contributed by atoms with Crippen LogP contribution in [0, 0.1) is 0 Å². The van der Waals surface area contributed by atoms with Crippen molar-refractivity contribution in [2.75, 3.05) is 17.2 Å². The minimum Gasteiger partial charge on any atom is -0.477 e. The molecule has 0 aromatic carbocycles. The Morgan fingerprint density at radius 3 is 2.36 bits per heavy atom. The van der Waals surface area contributed by atoms with Gasteiger partial charge in [0.2, 0.25) is 11.9 Å². The number of β-lactam (4-membered cyclic amide) rings is 1. The predicted molar refractivity (Wildman–Crippen MR) is 107 cm³/mol. The Bertz CT molecular complexity index is 1060. The Hall–Kier alpha value is -3.46. The first-order chi connectivity index (χ1) is 15.4. The van der Waals surface area contributed by atoms with Crippen LogP contribution >= 0.6 is 11.8 Å². The topological polar surface area (TPSA) is 167 Å². The number of carbonyl (C=O) groups is 4. The van der Waals surface area contributed by atoms with E-state index in [4.69, 9.17) is 15.6 Å². The van der Waals surface area contributed by atoms with Crippen LogP contribution in [0.15, 0.2) is 41.4 Å². The van der Waals surface area contributed by atoms with Crippen molar-refractivity contribution in [3.8, 4) is 0 Å². The number of carbonyl (C=O) groups excluding carboxylic acids is 2. The summed E-state index contributed by atoms with van der Waals surface area (Å²) in [6.45, 7) is 0.424. The van der Waals surface area contributed by atoms with Crippen LogP contribution in [-0.4, -0.2) is 78.7 Å². The van der Waals surface area contributed by atoms with Crippen molar-refractivity contribution in [2.45, 2.75) is 24.0 Å². The van der Waals surface area contributed by atoms with Crippen LogP contribution in [0.25, 0.3) is 0 Å². The van der Waals surface area contributed by atoms with Crippen molar-refractivity contribution in [1.82, 2.24) is 14.9 Å². The van der Waals surface area contributed by atoms with E-state index in [1.165, 1.54) is 21.6 Å². The lowest BCUT2D eigenvalue weighted by molar-refractivity contribution is -0.192. The number of allylic oxidation sites excluding steroid dienone is 1. The Balaban J connectivity index is 0.000000383. The number of carboxylic acid groups (broad SMARTS) is 2. The number of anilines is 1. The van der Waals surface area contributed by atoms with Crippen molar-refractivity contribution < 1.29 is 42.6 Å². The molecule has 0 unspecified atom stereocenters. The zero-order valence-electron chi connectivity index (χ0n) is 16.5. The lowest BCUT2D eigenvalue weighted by Crippen LogP contribution is -2.68. The van der Waals surface area contributed by atoms with Gasteiger partial charge in [0.1, 0.15) is 17.1 Å². The molecule has 0 saturated carbocycles. The van der Waals surface area contributed by atoms with E-state index in [0.717, 1.165) is 0 Å². The van der Waals surface area contributed by atoms with Gasteiger partial charge in [0, 0.05) is 30.3 Å². The third kappa shape index (κ3) is 4.83. The fourth-order valence-corrected chi connectivity index (χ4v) is 4.48. The lowest BCUT2D eigenvalue weighted by Gasteiger charge is -2.47. The van der Waals surface area contributed by atoms with Crippen molar-refractivity contribution in [2.24, 2.45) is 5.73 Å². The molecule has 0 radical (unpaired) electrons. The van der Waals surface area contributed by atoms with E-state index in [1.54, 1.807) is 24.5 Å². The highest BCUT2D eigenvalue weighted by Crippen LogP contribution is 2.40. The summed E-state index contributed by atoms with van der Waals surface area (Å²) in [4.78, 5) is 56.0. The molecule has 0 aliphatic carbocycles. The number of carboxylic acids is 2. The minimum absolute atomic E-state index is 0.0878. The van der Waals surface area contributed by atoms with Gasteiger partial charge in [0.05, 0.1) is 0 Å². The molecule has 1 aromatic rings. The lowest BCUT2D eigenvalue weighted by atomic mass is 10.0. The third-order valence-corrected chi connectivity index (χ3v) is 6.07. The van der Waals surface area contributed by atoms with Crippen molar-refractivity contribution in [1.29, 1.82) is 0 Å². The molecule has 3 aliphatic rings. The monoisotopic (exact) mass is 487 g/mol. The molecule has 4 N–H and O–H groups in total. The first kappa shape index (κ1) is 24.2. The molecule has 1 aromatic heterocycles. The number of rotatable bonds is 3. The normalized spacial score (nSPS) is 23.7. The number of nitrogens with zero attached hydrogens (tertiary/aromatic N) is 4. The second kappa shape index (κ2) is 9.19. The smallest absolute Gasteiger partial charge is 0.477 e. The van der Waals surface area contributed by atoms with E-state index < -0.39 is 30.1 Å². The Morgan fingerprint density at radius 2 is 1.82 bits per heavy atom. The highest BCUT2D eigenvalue weighted by atomic mass is 32.2. The average molecular weight is 487 g/mol. The summed E-state index contributed by atoms with van der Waals surface area (Å²) in [5, 5.41) is 16.3. The van der Waals surface area contributed by atoms with Gasteiger partial charge in [0.15, 0.2) is 0 Å². The van der Waals surface area contributed by atoms with Crippen LogP contribution in [-0.2, 0) is 19.2 Å². The predicted octanol–water partition coefficient (Wildman–Crippen LogP) is 0.354. The van der Waals surface area contributed by atoms with Gasteiger partial charge < -0.3 is 15.9 Å². The van der Waals surface area contributed by atoms with Gasteiger partial charge in [-0.1, -0.05) is 0 Å². The SMILES string of the molecule is N[C@@H]1C(=O)N2C(C(=O)O)=C(C=C3CCN(c4ncccn4)C3=O)CS[C@H]12.O=C(O)C(F)(F)F. The number of alkyl halides is 3. The molecule has 2 saturated heterocycles. The highest BCUT2D eigenvalue weighted by molar-refractivity contribution is 8.00. The fraction of sp³-hybridized carbons (Fsp3) is 0.333. The van der Waals surface area contributed by atoms with E-state index in [-0.39, 0.29) is 17.0 Å². The zero-order chi connectivity index (χ0) is 24.5. The van der Waals surface area contributed by atoms with Crippen LogP contribution < -0.4 is 10.6 Å². The largest absolute Gasteiger partial charge is 0.490 e. The van der Waals surface area contributed by atoms with Gasteiger partial charge in [-0.3, -0.25) is 19.4 Å². The summed E-state index contributed by atoms with van der Waals surface area (Å²) >= 11 is 1.40. The molecule has 176 valence electrons. The number of halogens is 3. The van der Waals surface area contributed by atoms with E-state index in [2.05, 4.69) is 9.97 Å². The number of aromatic nitrogens is 2. The fourth-order valence-electron chi connectivity index (χ4n) is 3.23. The molecule has 4 rings (SSSR count). The number of fused-ring (bicyclic) bond motifs is 1. The molecule has 2 amide bonds. The van der Waals surface area contributed by atoms with Gasteiger partial charge in [-0.05, 0) is 24.1 Å². The molecule has 33 heavy (non-hydrogen) atoms. The first-order valence-electron chi connectivity index (χ1n) is 9.19. The van der Waals surface area contributed by atoms with Gasteiger partial charge in [-0.2, -0.15) is 13.2 Å². The van der Waals surface area contributed by atoms with Crippen molar-refractivity contribution in [3.05, 3.63) is 41.4 Å². The van der Waals surface area contributed by atoms with Crippen LogP contribution in [0.2, 0.25) is 0 Å². The summed E-state index contributed by atoms with van der Waals surface area (Å²) in [6, 6.07) is 0.984. The maximum Gasteiger partial charge on any atom is 0.490 e. The Kier molecular flexibility index (Phi) is 6.73. The molecule has 2 fully saturated rings. The molecular weight excluding hydrogens is 471 g/mol. The minimum atomic E-state index is -5.08. The van der Waals surface area contributed by atoms with Crippen molar-refractivity contribution in [3.63, 3.8) is 0 Å². The number of thioether (sulfide) groups is 1. The average Bonchev–Trinajstić information content (AvgIpc) is 3.13. The maximum atomic E-state index is 12.6. The number of aliphatic carboxylic acids is 2. The summed E-state index contributed by atoms with van der Waals surface area (Å²) < 4.78 is 31.7. The highest BCUT2D eigenvalue weighted by Gasteiger charge is 2.51. The number of nitrogens with two attached hydrogens (primary N) is 1. The summed E-state index contributed by atoms with van der Waals surface area (Å²) in [6.07, 6.45) is 0.0577. The third-order valence-electron chi connectivity index (χ3n) is 4.75. The zero-order valence-corrected chi connectivity index (χ0v) is 17.3. The second-order valence-electron chi connectivity index (χ2n) is 6.84. The summed E-state index contributed by atoms with van der Waals surface area (Å²) in [5.74, 6) is -3.93. The molecular formula is C18H16F3N5O6S. The van der Waals surface area contributed by atoms with Crippen LogP contribution in [0.1, 0.15) is 6.42 Å². The van der Waals surface area contributed by atoms with Gasteiger partial charge >= 0.3 is 18.1 Å². The molecule has 4 heterocycles. The standard InChI is InChI=1S/C16H15N5O4S.C2HF3O2/c17-10-13(23)21-11(15(24)25)9(7-26-14(10)21)6-8-2-5-20(12(8)22)16-18-3-1-4-19-16;3-2(4,5)1(6)7/h1,3-4,6,10,14H,2,5,7,17H2,(H,24,25);(H,6,7)/t10-,14-;/m1./s1. The summed E-state index contributed by atoms with van der Waals surface area (Å²) in [5.41, 5.74) is 6.56. The van der Waals surface area contributed by atoms with Crippen LogP contribution in [0.5, 0.6) is 0 Å². The Morgan fingerprint density at radius 1 is 1.21 bits per heavy atom. The molecule has 0 spiro atoms. The van der Waals surface area contributed by atoms with Gasteiger partial charge in [0.25, 0.3) is 5.91 Å². The van der Waals surface area contributed by atoms with Gasteiger partial charge in [-0.15, -0.1) is 11.8 Å². The van der Waals surface area contributed by atoms with Crippen LogP contribution in [0.4, 0.5) is 19.1 Å². The van der Waals surface area contributed by atoms with E-state index in [9.17, 15) is 32.7 Å². The molecule has 15 heteroatoms. The molecule has 3 aliphatic heterocycles. The Labute approximate surface area is 187 Å². The van der Waals surface area contributed by atoms with E-state index in [0.29, 0.717) is 35.8 Å². The molecule has 2 atom stereocenters. The molecule has 11 nitrogen and oxygen atoms in total. The van der Waals surface area contributed by atoms with Gasteiger partial charge in [-0.25, -0.2) is 19.6 Å². The first-order valence-corrected chi connectivity index (χ1v) is 10.2. The van der Waals surface area contributed by atoms with E-state index in [1.807, 2.05) is 0 Å². The maximum absolute atomic E-state index is 12.6. The number of hydrogen-bond acceptors (Lipinski definition) is 8. The van der Waals surface area contributed by atoms with Crippen LogP contribution in [0.3, 0.4) is 0 Å². The second-order valence-corrected chi connectivity index (χ2v) is 7.95.